The molecule has 1 N–H and O–H groups in total. The molecular formula is C8H10BrNO2S. The highest BCUT2D eigenvalue weighted by atomic mass is 79.9. The third-order valence-electron chi connectivity index (χ3n) is 2.15. The van der Waals surface area contributed by atoms with Gasteiger partial charge in [0.2, 0.25) is 0 Å². The molecule has 0 aromatic carbocycles. The molecule has 1 unspecified atom stereocenters. The van der Waals surface area contributed by atoms with E-state index in [1.54, 1.807) is 11.3 Å². The molecule has 0 aliphatic carbocycles. The summed E-state index contributed by atoms with van der Waals surface area (Å²) in [5, 5.41) is 9.07. The van der Waals surface area contributed by atoms with Crippen molar-refractivity contribution in [2.45, 2.75) is 18.9 Å². The van der Waals surface area contributed by atoms with Crippen LogP contribution in [0.5, 0.6) is 0 Å². The average molecular weight is 264 g/mol. The first-order valence-corrected chi connectivity index (χ1v) is 5.76. The molecule has 0 radical (unpaired) electrons. The van der Waals surface area contributed by atoms with Crippen LogP contribution in [0, 0.1) is 0 Å². The number of hydrogen-bond acceptors (Lipinski definition) is 4. The van der Waals surface area contributed by atoms with Gasteiger partial charge in [-0.15, -0.1) is 11.3 Å². The van der Waals surface area contributed by atoms with Crippen molar-refractivity contribution in [3.63, 3.8) is 0 Å². The van der Waals surface area contributed by atoms with E-state index in [4.69, 9.17) is 9.84 Å². The van der Waals surface area contributed by atoms with E-state index in [2.05, 4.69) is 20.9 Å². The van der Waals surface area contributed by atoms with Crippen molar-refractivity contribution < 1.29 is 9.84 Å². The van der Waals surface area contributed by atoms with Gasteiger partial charge in [-0.05, 0) is 22.4 Å². The molecule has 3 nitrogen and oxygen atoms in total. The Morgan fingerprint density at radius 2 is 2.54 bits per heavy atom. The molecule has 1 aromatic heterocycles. The summed E-state index contributed by atoms with van der Waals surface area (Å²) in [6.07, 6.45) is 1.04. The zero-order chi connectivity index (χ0) is 9.26. The quantitative estimate of drug-likeness (QED) is 0.887. The molecule has 0 bridgehead atoms. The first-order valence-electron chi connectivity index (χ1n) is 4.15. The van der Waals surface area contributed by atoms with Gasteiger partial charge in [0.05, 0.1) is 18.9 Å². The number of thiazole rings is 1. The van der Waals surface area contributed by atoms with Gasteiger partial charge in [-0.3, -0.25) is 0 Å². The van der Waals surface area contributed by atoms with Crippen LogP contribution in [-0.4, -0.2) is 23.3 Å². The summed E-state index contributed by atoms with van der Waals surface area (Å²) in [5.74, 6) is 0.436. The SMILES string of the molecule is OCc1nc(Br)sc1C1CCOC1. The van der Waals surface area contributed by atoms with E-state index in [1.165, 1.54) is 4.88 Å². The molecule has 5 heteroatoms. The third-order valence-corrected chi connectivity index (χ3v) is 3.86. The van der Waals surface area contributed by atoms with Gasteiger partial charge in [-0.1, -0.05) is 0 Å². The molecule has 2 rings (SSSR count). The van der Waals surface area contributed by atoms with Crippen LogP contribution in [0.15, 0.2) is 3.92 Å². The highest BCUT2D eigenvalue weighted by molar-refractivity contribution is 9.11. The van der Waals surface area contributed by atoms with Gasteiger partial charge >= 0.3 is 0 Å². The highest BCUT2D eigenvalue weighted by Crippen LogP contribution is 2.34. The Balaban J connectivity index is 2.26. The van der Waals surface area contributed by atoms with Gasteiger partial charge in [-0.2, -0.15) is 0 Å². The molecule has 72 valence electrons. The lowest BCUT2D eigenvalue weighted by Crippen LogP contribution is -1.99. The van der Waals surface area contributed by atoms with Crippen LogP contribution in [0.1, 0.15) is 22.9 Å². The number of ether oxygens (including phenoxy) is 1. The molecule has 1 aromatic rings. The molecule has 1 aliphatic rings. The lowest BCUT2D eigenvalue weighted by molar-refractivity contribution is 0.193. The lowest BCUT2D eigenvalue weighted by atomic mass is 10.1. The zero-order valence-corrected chi connectivity index (χ0v) is 9.40. The van der Waals surface area contributed by atoms with Crippen molar-refractivity contribution in [1.29, 1.82) is 0 Å². The van der Waals surface area contributed by atoms with E-state index < -0.39 is 0 Å². The van der Waals surface area contributed by atoms with E-state index in [1.807, 2.05) is 0 Å². The van der Waals surface area contributed by atoms with E-state index in [9.17, 15) is 0 Å². The Morgan fingerprint density at radius 1 is 1.69 bits per heavy atom. The van der Waals surface area contributed by atoms with Crippen LogP contribution in [-0.2, 0) is 11.3 Å². The number of halogens is 1. The summed E-state index contributed by atoms with van der Waals surface area (Å²) >= 11 is 4.93. The van der Waals surface area contributed by atoms with Crippen LogP contribution >= 0.6 is 27.3 Å². The lowest BCUT2D eigenvalue weighted by Gasteiger charge is -2.04. The minimum Gasteiger partial charge on any atom is -0.390 e. The van der Waals surface area contributed by atoms with E-state index in [0.717, 1.165) is 29.2 Å². The number of hydrogen-bond donors (Lipinski definition) is 1. The first kappa shape index (κ1) is 9.58. The minimum absolute atomic E-state index is 0.0218. The Morgan fingerprint density at radius 3 is 3.15 bits per heavy atom. The second-order valence-electron chi connectivity index (χ2n) is 3.00. The average Bonchev–Trinajstić information content (AvgIpc) is 2.71. The molecule has 0 spiro atoms. The van der Waals surface area contributed by atoms with Gasteiger partial charge in [-0.25, -0.2) is 4.98 Å². The topological polar surface area (TPSA) is 42.4 Å². The van der Waals surface area contributed by atoms with Crippen molar-refractivity contribution in [2.75, 3.05) is 13.2 Å². The fourth-order valence-corrected chi connectivity index (χ4v) is 3.16. The van der Waals surface area contributed by atoms with Gasteiger partial charge in [0.25, 0.3) is 0 Å². The molecule has 2 heterocycles. The molecule has 1 aliphatic heterocycles. The monoisotopic (exact) mass is 263 g/mol. The maximum absolute atomic E-state index is 9.07. The number of aromatic nitrogens is 1. The van der Waals surface area contributed by atoms with Crippen molar-refractivity contribution in [1.82, 2.24) is 4.98 Å². The van der Waals surface area contributed by atoms with Gasteiger partial charge < -0.3 is 9.84 Å². The molecule has 0 saturated carbocycles. The molecule has 13 heavy (non-hydrogen) atoms. The Kier molecular flexibility index (Phi) is 2.98. The van der Waals surface area contributed by atoms with Gasteiger partial charge in [0, 0.05) is 17.4 Å². The normalized spacial score (nSPS) is 22.5. The summed E-state index contributed by atoms with van der Waals surface area (Å²) in [5.41, 5.74) is 0.798. The standard InChI is InChI=1S/C8H10BrNO2S/c9-8-10-6(3-11)7(13-8)5-1-2-12-4-5/h5,11H,1-4H2. The maximum Gasteiger partial charge on any atom is 0.159 e. The van der Waals surface area contributed by atoms with E-state index in [0.29, 0.717) is 5.92 Å². The summed E-state index contributed by atoms with van der Waals surface area (Å²) < 4.78 is 6.15. The second-order valence-corrected chi connectivity index (χ2v) is 5.30. The number of nitrogens with zero attached hydrogens (tertiary/aromatic N) is 1. The Labute approximate surface area is 88.9 Å². The smallest absolute Gasteiger partial charge is 0.159 e. The third kappa shape index (κ3) is 1.93. The molecule has 0 amide bonds. The van der Waals surface area contributed by atoms with Crippen molar-refractivity contribution in [3.05, 3.63) is 14.5 Å². The second kappa shape index (κ2) is 4.04. The van der Waals surface area contributed by atoms with Crippen molar-refractivity contribution >= 4 is 27.3 Å². The largest absolute Gasteiger partial charge is 0.390 e. The number of rotatable bonds is 2. The summed E-state index contributed by atoms with van der Waals surface area (Å²) in [4.78, 5) is 5.38. The number of aliphatic hydroxyl groups excluding tert-OH is 1. The van der Waals surface area contributed by atoms with Crippen molar-refractivity contribution in [3.8, 4) is 0 Å². The first-order chi connectivity index (χ1) is 6.31. The van der Waals surface area contributed by atoms with Gasteiger partial charge in [0.15, 0.2) is 3.92 Å². The molecular weight excluding hydrogens is 254 g/mol. The molecule has 1 saturated heterocycles. The van der Waals surface area contributed by atoms with Crippen LogP contribution in [0.3, 0.4) is 0 Å². The van der Waals surface area contributed by atoms with Crippen LogP contribution in [0.4, 0.5) is 0 Å². The molecule has 1 atom stereocenters. The summed E-state index contributed by atoms with van der Waals surface area (Å²) in [6, 6.07) is 0. The highest BCUT2D eigenvalue weighted by Gasteiger charge is 2.23. The van der Waals surface area contributed by atoms with E-state index in [-0.39, 0.29) is 6.61 Å². The predicted octanol–water partition coefficient (Wildman–Crippen LogP) is 1.90. The fourth-order valence-electron chi connectivity index (χ4n) is 1.51. The summed E-state index contributed by atoms with van der Waals surface area (Å²) in [7, 11) is 0. The Bertz CT molecular complexity index is 296. The van der Waals surface area contributed by atoms with Crippen molar-refractivity contribution in [2.24, 2.45) is 0 Å². The van der Waals surface area contributed by atoms with Crippen LogP contribution in [0.25, 0.3) is 0 Å². The molecule has 1 fully saturated rings. The van der Waals surface area contributed by atoms with Gasteiger partial charge in [0.1, 0.15) is 0 Å². The number of aliphatic hydroxyl groups is 1. The van der Waals surface area contributed by atoms with Crippen LogP contribution < -0.4 is 0 Å². The van der Waals surface area contributed by atoms with E-state index >= 15 is 0 Å². The minimum atomic E-state index is 0.0218. The summed E-state index contributed by atoms with van der Waals surface area (Å²) in [6.45, 7) is 1.61. The zero-order valence-electron chi connectivity index (χ0n) is 6.99. The van der Waals surface area contributed by atoms with Crippen LogP contribution in [0.2, 0.25) is 0 Å². The fraction of sp³-hybridized carbons (Fsp3) is 0.625. The predicted molar refractivity (Wildman–Crippen MR) is 53.9 cm³/mol. The Hall–Kier alpha value is 0.0300. The maximum atomic E-state index is 9.07.